The number of rotatable bonds is 5. The summed E-state index contributed by atoms with van der Waals surface area (Å²) in [5, 5.41) is 9.08. The van der Waals surface area contributed by atoms with Gasteiger partial charge in [-0.2, -0.15) is 0 Å². The lowest BCUT2D eigenvalue weighted by molar-refractivity contribution is 0.0712. The maximum atomic E-state index is 11.7. The van der Waals surface area contributed by atoms with Crippen LogP contribution in [0.1, 0.15) is 18.5 Å². The van der Waals surface area contributed by atoms with Gasteiger partial charge in [0.25, 0.3) is 0 Å². The molecule has 1 fully saturated rings. The van der Waals surface area contributed by atoms with E-state index in [4.69, 9.17) is 5.11 Å². The fourth-order valence-corrected chi connectivity index (χ4v) is 3.08. The van der Waals surface area contributed by atoms with Crippen LogP contribution in [0.3, 0.4) is 0 Å². The maximum Gasteiger partial charge on any atom is 0.212 e. The molecule has 1 aromatic heterocycles. The number of hydrogen-bond donors (Lipinski definition) is 2. The molecule has 0 unspecified atom stereocenters. The van der Waals surface area contributed by atoms with Crippen LogP contribution in [0.25, 0.3) is 0 Å². The molecule has 1 heterocycles. The molecule has 2 rings (SSSR count). The zero-order chi connectivity index (χ0) is 12.3. The number of aliphatic hydroxyl groups is 1. The van der Waals surface area contributed by atoms with Gasteiger partial charge in [0.15, 0.2) is 0 Å². The maximum absolute atomic E-state index is 11.7. The molecule has 1 aliphatic rings. The minimum absolute atomic E-state index is 0.0383. The van der Waals surface area contributed by atoms with Crippen LogP contribution in [0.15, 0.2) is 24.4 Å². The number of aliphatic hydroxyl groups excluding tert-OH is 1. The monoisotopic (exact) mass is 256 g/mol. The van der Waals surface area contributed by atoms with Crippen molar-refractivity contribution >= 4 is 10.0 Å². The first kappa shape index (κ1) is 12.5. The van der Waals surface area contributed by atoms with E-state index < -0.39 is 10.0 Å². The van der Waals surface area contributed by atoms with E-state index in [1.165, 1.54) is 0 Å². The lowest BCUT2D eigenvalue weighted by Gasteiger charge is -2.31. The van der Waals surface area contributed by atoms with Crippen LogP contribution in [-0.2, 0) is 16.4 Å². The SMILES string of the molecule is O=S(=O)(CCc1ccccn1)NC1CC(O)C1. The minimum Gasteiger partial charge on any atom is -0.393 e. The first-order valence-corrected chi connectivity index (χ1v) is 7.28. The van der Waals surface area contributed by atoms with Crippen LogP contribution in [0.4, 0.5) is 0 Å². The zero-order valence-corrected chi connectivity index (χ0v) is 10.2. The molecule has 0 aromatic carbocycles. The highest BCUT2D eigenvalue weighted by Crippen LogP contribution is 2.20. The van der Waals surface area contributed by atoms with Crippen molar-refractivity contribution in [1.82, 2.24) is 9.71 Å². The van der Waals surface area contributed by atoms with E-state index in [9.17, 15) is 8.42 Å². The van der Waals surface area contributed by atoms with Crippen LogP contribution in [0.5, 0.6) is 0 Å². The van der Waals surface area contributed by atoms with E-state index >= 15 is 0 Å². The van der Waals surface area contributed by atoms with Crippen molar-refractivity contribution in [3.8, 4) is 0 Å². The fraction of sp³-hybridized carbons (Fsp3) is 0.545. The van der Waals surface area contributed by atoms with E-state index in [-0.39, 0.29) is 17.9 Å². The van der Waals surface area contributed by atoms with Crippen molar-refractivity contribution in [3.05, 3.63) is 30.1 Å². The average molecular weight is 256 g/mol. The molecular weight excluding hydrogens is 240 g/mol. The Morgan fingerprint density at radius 3 is 2.76 bits per heavy atom. The Morgan fingerprint density at radius 1 is 1.41 bits per heavy atom. The highest BCUT2D eigenvalue weighted by Gasteiger charge is 2.30. The molecular formula is C11H16N2O3S. The van der Waals surface area contributed by atoms with Gasteiger partial charge in [-0.05, 0) is 25.0 Å². The van der Waals surface area contributed by atoms with Gasteiger partial charge < -0.3 is 5.11 Å². The molecule has 0 atom stereocenters. The average Bonchev–Trinajstić information content (AvgIpc) is 2.26. The molecule has 0 radical (unpaired) electrons. The third-order valence-corrected chi connectivity index (χ3v) is 4.25. The molecule has 0 saturated heterocycles. The number of aromatic nitrogens is 1. The second kappa shape index (κ2) is 5.12. The molecule has 17 heavy (non-hydrogen) atoms. The fourth-order valence-electron chi connectivity index (χ4n) is 1.78. The Hall–Kier alpha value is -0.980. The first-order valence-electron chi connectivity index (χ1n) is 5.63. The summed E-state index contributed by atoms with van der Waals surface area (Å²) in [6, 6.07) is 5.35. The Labute approximate surface area is 101 Å². The molecule has 1 aliphatic carbocycles. The van der Waals surface area contributed by atoms with E-state index in [0.717, 1.165) is 5.69 Å². The largest absolute Gasteiger partial charge is 0.393 e. The lowest BCUT2D eigenvalue weighted by Crippen LogP contribution is -2.47. The molecule has 1 aromatic rings. The highest BCUT2D eigenvalue weighted by atomic mass is 32.2. The number of nitrogens with one attached hydrogen (secondary N) is 1. The summed E-state index contributed by atoms with van der Waals surface area (Å²) in [6.45, 7) is 0. The van der Waals surface area contributed by atoms with E-state index in [2.05, 4.69) is 9.71 Å². The summed E-state index contributed by atoms with van der Waals surface area (Å²) >= 11 is 0. The molecule has 0 amide bonds. The van der Waals surface area contributed by atoms with Crippen molar-refractivity contribution in [2.45, 2.75) is 31.4 Å². The van der Waals surface area contributed by atoms with Crippen molar-refractivity contribution < 1.29 is 13.5 Å². The predicted molar refractivity (Wildman–Crippen MR) is 63.9 cm³/mol. The summed E-state index contributed by atoms with van der Waals surface area (Å²) in [6.07, 6.45) is 2.74. The topological polar surface area (TPSA) is 79.3 Å². The Morgan fingerprint density at radius 2 is 2.18 bits per heavy atom. The van der Waals surface area contributed by atoms with Crippen molar-refractivity contribution in [1.29, 1.82) is 0 Å². The molecule has 5 nitrogen and oxygen atoms in total. The van der Waals surface area contributed by atoms with Crippen LogP contribution < -0.4 is 4.72 Å². The van der Waals surface area contributed by atoms with Gasteiger partial charge in [0.2, 0.25) is 10.0 Å². The van der Waals surface area contributed by atoms with E-state index in [1.807, 2.05) is 12.1 Å². The van der Waals surface area contributed by atoms with Crippen LogP contribution in [0, 0.1) is 0 Å². The van der Waals surface area contributed by atoms with Crippen LogP contribution in [0.2, 0.25) is 0 Å². The van der Waals surface area contributed by atoms with Gasteiger partial charge in [-0.1, -0.05) is 6.07 Å². The van der Waals surface area contributed by atoms with Crippen molar-refractivity contribution in [2.75, 3.05) is 5.75 Å². The number of pyridine rings is 1. The Bertz CT molecular complexity index is 455. The molecule has 1 saturated carbocycles. The van der Waals surface area contributed by atoms with E-state index in [0.29, 0.717) is 19.3 Å². The van der Waals surface area contributed by atoms with Gasteiger partial charge in [-0.15, -0.1) is 0 Å². The Kier molecular flexibility index (Phi) is 3.76. The molecule has 0 spiro atoms. The van der Waals surface area contributed by atoms with Crippen LogP contribution >= 0.6 is 0 Å². The summed E-state index contributed by atoms with van der Waals surface area (Å²) in [5.74, 6) is 0.0383. The molecule has 0 aliphatic heterocycles. The third-order valence-electron chi connectivity index (χ3n) is 2.81. The number of hydrogen-bond acceptors (Lipinski definition) is 4. The smallest absolute Gasteiger partial charge is 0.212 e. The Balaban J connectivity index is 1.81. The second-order valence-corrected chi connectivity index (χ2v) is 6.20. The van der Waals surface area contributed by atoms with E-state index in [1.54, 1.807) is 12.3 Å². The van der Waals surface area contributed by atoms with Gasteiger partial charge in [-0.3, -0.25) is 4.98 Å². The second-order valence-electron chi connectivity index (χ2n) is 4.33. The summed E-state index contributed by atoms with van der Waals surface area (Å²) in [5.41, 5.74) is 0.770. The van der Waals surface area contributed by atoms with Crippen molar-refractivity contribution in [3.63, 3.8) is 0 Å². The lowest BCUT2D eigenvalue weighted by atomic mass is 9.91. The zero-order valence-electron chi connectivity index (χ0n) is 9.41. The highest BCUT2D eigenvalue weighted by molar-refractivity contribution is 7.89. The van der Waals surface area contributed by atoms with Gasteiger partial charge in [0, 0.05) is 24.4 Å². The van der Waals surface area contributed by atoms with Gasteiger partial charge in [-0.25, -0.2) is 13.1 Å². The standard InChI is InChI=1S/C11H16N2O3S/c14-11-7-10(8-11)13-17(15,16)6-4-9-3-1-2-5-12-9/h1-3,5,10-11,13-14H,4,6-8H2. The van der Waals surface area contributed by atoms with Crippen LogP contribution in [-0.4, -0.2) is 36.4 Å². The first-order chi connectivity index (χ1) is 8.05. The molecule has 94 valence electrons. The summed E-state index contributed by atoms with van der Waals surface area (Å²) < 4.78 is 26.0. The number of nitrogens with zero attached hydrogens (tertiary/aromatic N) is 1. The van der Waals surface area contributed by atoms with Gasteiger partial charge in [0.1, 0.15) is 0 Å². The number of aryl methyl sites for hydroxylation is 1. The predicted octanol–water partition coefficient (Wildman–Crippen LogP) is 0.0668. The molecule has 2 N–H and O–H groups in total. The molecule has 0 bridgehead atoms. The normalized spacial score (nSPS) is 24.3. The minimum atomic E-state index is -3.26. The van der Waals surface area contributed by atoms with Gasteiger partial charge in [0.05, 0.1) is 11.9 Å². The third kappa shape index (κ3) is 3.76. The summed E-state index contributed by atoms with van der Waals surface area (Å²) in [7, 11) is -3.26. The quantitative estimate of drug-likeness (QED) is 0.781. The van der Waals surface area contributed by atoms with Gasteiger partial charge >= 0.3 is 0 Å². The number of sulfonamides is 1. The molecule has 6 heteroatoms. The summed E-state index contributed by atoms with van der Waals surface area (Å²) in [4.78, 5) is 4.07. The van der Waals surface area contributed by atoms with Crippen molar-refractivity contribution in [2.24, 2.45) is 0 Å².